The third kappa shape index (κ3) is 2.25. The minimum atomic E-state index is -1.24. The maximum absolute atomic E-state index is 11.8. The van der Waals surface area contributed by atoms with Gasteiger partial charge in [0, 0.05) is 28.7 Å². The van der Waals surface area contributed by atoms with Gasteiger partial charge in [0.1, 0.15) is 0 Å². The Labute approximate surface area is 138 Å². The number of rotatable bonds is 4. The second kappa shape index (κ2) is 5.85. The van der Waals surface area contributed by atoms with Crippen LogP contribution in [-0.2, 0) is 6.54 Å². The fraction of sp³-hybridized carbons (Fsp3) is 0.158. The number of para-hydroxylation sites is 1. The molecule has 0 spiro atoms. The summed E-state index contributed by atoms with van der Waals surface area (Å²) in [4.78, 5) is 23.2. The Morgan fingerprint density at radius 3 is 2.33 bits per heavy atom. The smallest absolute Gasteiger partial charge is 0.337 e. The molecule has 2 N–H and O–H groups in total. The molecule has 0 atom stereocenters. The zero-order valence-electron chi connectivity index (χ0n) is 13.4. The minimum absolute atomic E-state index is 0.174. The molecule has 5 heteroatoms. The van der Waals surface area contributed by atoms with E-state index in [1.807, 2.05) is 38.1 Å². The monoisotopic (exact) mass is 323 g/mol. The fourth-order valence-corrected chi connectivity index (χ4v) is 3.35. The molecule has 24 heavy (non-hydrogen) atoms. The number of carboxylic acid groups (broad SMARTS) is 2. The van der Waals surface area contributed by atoms with Crippen molar-refractivity contribution in [3.05, 3.63) is 59.3 Å². The summed E-state index contributed by atoms with van der Waals surface area (Å²) in [6.07, 6.45) is 0. The highest BCUT2D eigenvalue weighted by Gasteiger charge is 2.24. The van der Waals surface area contributed by atoms with Gasteiger partial charge >= 0.3 is 11.9 Å². The van der Waals surface area contributed by atoms with Crippen LogP contribution in [0.5, 0.6) is 0 Å². The summed E-state index contributed by atoms with van der Waals surface area (Å²) in [5.41, 5.74) is 2.75. The largest absolute Gasteiger partial charge is 0.478 e. The molecule has 122 valence electrons. The van der Waals surface area contributed by atoms with Gasteiger partial charge in [-0.25, -0.2) is 9.59 Å². The van der Waals surface area contributed by atoms with Gasteiger partial charge in [-0.1, -0.05) is 30.3 Å². The van der Waals surface area contributed by atoms with Crippen LogP contribution in [0.2, 0.25) is 0 Å². The summed E-state index contributed by atoms with van der Waals surface area (Å²) in [7, 11) is 0. The zero-order chi connectivity index (χ0) is 17.4. The fourth-order valence-electron chi connectivity index (χ4n) is 3.35. The van der Waals surface area contributed by atoms with Crippen molar-refractivity contribution < 1.29 is 19.8 Å². The van der Waals surface area contributed by atoms with Crippen LogP contribution in [0.15, 0.2) is 42.5 Å². The Morgan fingerprint density at radius 2 is 1.71 bits per heavy atom. The third-order valence-electron chi connectivity index (χ3n) is 4.33. The standard InChI is InChI=1S/C19H17NO4/c1-3-20-11(2)16(12-7-4-5-10-15(12)20)13-8-6-9-14(18(21)22)17(13)19(23)24/h4-10H,3H2,1-2H3,(H,21,22)(H,23,24). The van der Waals surface area contributed by atoms with Crippen molar-refractivity contribution in [2.75, 3.05) is 0 Å². The summed E-state index contributed by atoms with van der Waals surface area (Å²) in [5.74, 6) is -2.48. The van der Waals surface area contributed by atoms with Crippen LogP contribution in [0.3, 0.4) is 0 Å². The Balaban J connectivity index is 2.46. The molecule has 5 nitrogen and oxygen atoms in total. The van der Waals surface area contributed by atoms with Gasteiger partial charge in [0.25, 0.3) is 0 Å². The zero-order valence-corrected chi connectivity index (χ0v) is 13.4. The SMILES string of the molecule is CCn1c(C)c(-c2cccc(C(=O)O)c2C(=O)O)c2ccccc21. The number of benzene rings is 2. The van der Waals surface area contributed by atoms with Crippen LogP contribution < -0.4 is 0 Å². The van der Waals surface area contributed by atoms with Gasteiger partial charge in [-0.2, -0.15) is 0 Å². The molecule has 0 aliphatic heterocycles. The molecule has 3 rings (SSSR count). The second-order valence-electron chi connectivity index (χ2n) is 5.56. The van der Waals surface area contributed by atoms with Crippen molar-refractivity contribution in [2.45, 2.75) is 20.4 Å². The van der Waals surface area contributed by atoms with E-state index >= 15 is 0 Å². The Bertz CT molecular complexity index is 969. The highest BCUT2D eigenvalue weighted by atomic mass is 16.4. The molecule has 0 bridgehead atoms. The molecule has 0 saturated carbocycles. The molecule has 0 aliphatic carbocycles. The van der Waals surface area contributed by atoms with E-state index in [-0.39, 0.29) is 11.1 Å². The number of hydrogen-bond donors (Lipinski definition) is 2. The van der Waals surface area contributed by atoms with Crippen LogP contribution in [0, 0.1) is 6.92 Å². The van der Waals surface area contributed by atoms with E-state index in [4.69, 9.17) is 0 Å². The molecule has 1 heterocycles. The summed E-state index contributed by atoms with van der Waals surface area (Å²) < 4.78 is 2.10. The van der Waals surface area contributed by atoms with E-state index in [0.29, 0.717) is 5.56 Å². The van der Waals surface area contributed by atoms with E-state index in [2.05, 4.69) is 4.57 Å². The number of hydrogen-bond acceptors (Lipinski definition) is 2. The van der Waals surface area contributed by atoms with Crippen molar-refractivity contribution in [1.29, 1.82) is 0 Å². The molecule has 1 aromatic heterocycles. The van der Waals surface area contributed by atoms with Crippen LogP contribution >= 0.6 is 0 Å². The Morgan fingerprint density at radius 1 is 1.00 bits per heavy atom. The number of aromatic nitrogens is 1. The van der Waals surface area contributed by atoms with Crippen LogP contribution in [-0.4, -0.2) is 26.7 Å². The van der Waals surface area contributed by atoms with E-state index in [1.165, 1.54) is 6.07 Å². The minimum Gasteiger partial charge on any atom is -0.478 e. The average molecular weight is 323 g/mol. The molecular formula is C19H17NO4. The molecule has 0 radical (unpaired) electrons. The van der Waals surface area contributed by atoms with Crippen molar-refractivity contribution in [1.82, 2.24) is 4.57 Å². The Kier molecular flexibility index (Phi) is 3.85. The maximum atomic E-state index is 11.8. The lowest BCUT2D eigenvalue weighted by atomic mass is 9.93. The van der Waals surface area contributed by atoms with Crippen LogP contribution in [0.25, 0.3) is 22.0 Å². The van der Waals surface area contributed by atoms with Gasteiger partial charge in [0.05, 0.1) is 11.1 Å². The molecule has 0 amide bonds. The van der Waals surface area contributed by atoms with Crippen LogP contribution in [0.1, 0.15) is 33.3 Å². The topological polar surface area (TPSA) is 79.5 Å². The van der Waals surface area contributed by atoms with Crippen molar-refractivity contribution in [3.63, 3.8) is 0 Å². The summed E-state index contributed by atoms with van der Waals surface area (Å²) in [5, 5.41) is 19.9. The van der Waals surface area contributed by atoms with Gasteiger partial charge < -0.3 is 14.8 Å². The predicted molar refractivity (Wildman–Crippen MR) is 91.7 cm³/mol. The third-order valence-corrected chi connectivity index (χ3v) is 4.33. The van der Waals surface area contributed by atoms with E-state index in [1.54, 1.807) is 12.1 Å². The molecule has 0 fully saturated rings. The molecule has 0 aliphatic rings. The number of nitrogens with zero attached hydrogens (tertiary/aromatic N) is 1. The van der Waals surface area contributed by atoms with E-state index in [0.717, 1.165) is 28.7 Å². The first-order chi connectivity index (χ1) is 11.5. The number of aryl methyl sites for hydroxylation is 1. The lowest BCUT2D eigenvalue weighted by Gasteiger charge is -2.10. The lowest BCUT2D eigenvalue weighted by molar-refractivity contribution is 0.0652. The van der Waals surface area contributed by atoms with Gasteiger partial charge in [-0.3, -0.25) is 0 Å². The number of carboxylic acids is 2. The average Bonchev–Trinajstić information content (AvgIpc) is 2.85. The van der Waals surface area contributed by atoms with Gasteiger partial charge in [-0.15, -0.1) is 0 Å². The number of fused-ring (bicyclic) bond motifs is 1. The summed E-state index contributed by atoms with van der Waals surface area (Å²) >= 11 is 0. The first-order valence-electron chi connectivity index (χ1n) is 7.65. The highest BCUT2D eigenvalue weighted by Crippen LogP contribution is 2.37. The summed E-state index contributed by atoms with van der Waals surface area (Å²) in [6.45, 7) is 4.69. The maximum Gasteiger partial charge on any atom is 0.337 e. The van der Waals surface area contributed by atoms with Gasteiger partial charge in [-0.05, 0) is 31.5 Å². The van der Waals surface area contributed by atoms with Crippen molar-refractivity contribution in [2.24, 2.45) is 0 Å². The quantitative estimate of drug-likeness (QED) is 0.759. The van der Waals surface area contributed by atoms with Crippen molar-refractivity contribution >= 4 is 22.8 Å². The first-order valence-corrected chi connectivity index (χ1v) is 7.65. The molecule has 0 unspecified atom stereocenters. The first kappa shape index (κ1) is 15.8. The number of aromatic carboxylic acids is 2. The van der Waals surface area contributed by atoms with E-state index in [9.17, 15) is 19.8 Å². The second-order valence-corrected chi connectivity index (χ2v) is 5.56. The lowest BCUT2D eigenvalue weighted by Crippen LogP contribution is -2.10. The van der Waals surface area contributed by atoms with Gasteiger partial charge in [0.2, 0.25) is 0 Å². The van der Waals surface area contributed by atoms with E-state index < -0.39 is 11.9 Å². The van der Waals surface area contributed by atoms with Crippen molar-refractivity contribution in [3.8, 4) is 11.1 Å². The number of carbonyl (C=O) groups is 2. The molecule has 2 aromatic carbocycles. The predicted octanol–water partition coefficient (Wildman–Crippen LogP) is 4.03. The van der Waals surface area contributed by atoms with Gasteiger partial charge in [0.15, 0.2) is 0 Å². The normalized spacial score (nSPS) is 10.9. The highest BCUT2D eigenvalue weighted by molar-refractivity contribution is 6.10. The Hall–Kier alpha value is -3.08. The van der Waals surface area contributed by atoms with Crippen LogP contribution in [0.4, 0.5) is 0 Å². The molecule has 0 saturated heterocycles. The molecular weight excluding hydrogens is 306 g/mol. The summed E-state index contributed by atoms with van der Waals surface area (Å²) in [6, 6.07) is 12.3. The molecule has 3 aromatic rings.